The Morgan fingerprint density at radius 1 is 1.15 bits per heavy atom. The van der Waals surface area contributed by atoms with E-state index in [1.165, 1.54) is 12.3 Å². The summed E-state index contributed by atoms with van der Waals surface area (Å²) in [6, 6.07) is 11.1. The summed E-state index contributed by atoms with van der Waals surface area (Å²) >= 11 is 0. The van der Waals surface area contributed by atoms with Gasteiger partial charge in [0.25, 0.3) is 11.8 Å². The molecule has 0 unspecified atom stereocenters. The van der Waals surface area contributed by atoms with Crippen molar-refractivity contribution in [2.24, 2.45) is 0 Å². The number of benzene rings is 1. The summed E-state index contributed by atoms with van der Waals surface area (Å²) in [6.45, 7) is 4.40. The largest absolute Gasteiger partial charge is 0.361 e. The van der Waals surface area contributed by atoms with Gasteiger partial charge in [0.15, 0.2) is 0 Å². The van der Waals surface area contributed by atoms with Gasteiger partial charge in [-0.1, -0.05) is 24.3 Å². The molecule has 6 heteroatoms. The maximum absolute atomic E-state index is 12.3. The van der Waals surface area contributed by atoms with E-state index in [4.69, 9.17) is 0 Å². The van der Waals surface area contributed by atoms with Crippen molar-refractivity contribution in [3.8, 4) is 0 Å². The number of nitrogens with zero attached hydrogens (tertiary/aromatic N) is 1. The first-order valence-electron chi connectivity index (χ1n) is 8.37. The fraction of sp³-hybridized carbons (Fsp3) is 0.150. The SMILES string of the molecule is C=CCNC(=O)c1ccnc(C(=O)NCCc2c[nH]c3ccccc23)c1. The second kappa shape index (κ2) is 8.11. The molecule has 0 aliphatic heterocycles. The van der Waals surface area contributed by atoms with Crippen LogP contribution < -0.4 is 10.6 Å². The highest BCUT2D eigenvalue weighted by molar-refractivity contribution is 5.98. The first-order valence-corrected chi connectivity index (χ1v) is 8.37. The van der Waals surface area contributed by atoms with Gasteiger partial charge in [-0.05, 0) is 30.2 Å². The molecule has 6 nitrogen and oxygen atoms in total. The molecule has 1 aromatic carbocycles. The summed E-state index contributed by atoms with van der Waals surface area (Å²) < 4.78 is 0. The van der Waals surface area contributed by atoms with Crippen molar-refractivity contribution in [1.29, 1.82) is 0 Å². The number of hydrogen-bond donors (Lipinski definition) is 3. The number of aromatic amines is 1. The number of pyridine rings is 1. The number of carbonyl (C=O) groups is 2. The zero-order chi connectivity index (χ0) is 18.4. The summed E-state index contributed by atoms with van der Waals surface area (Å²) in [5.41, 5.74) is 2.83. The number of amides is 2. The Labute approximate surface area is 151 Å². The van der Waals surface area contributed by atoms with Crippen molar-refractivity contribution in [1.82, 2.24) is 20.6 Å². The van der Waals surface area contributed by atoms with E-state index in [0.717, 1.165) is 16.5 Å². The van der Waals surface area contributed by atoms with Crippen molar-refractivity contribution in [3.63, 3.8) is 0 Å². The van der Waals surface area contributed by atoms with Crippen LogP contribution in [0.2, 0.25) is 0 Å². The number of aromatic nitrogens is 2. The molecule has 2 heterocycles. The van der Waals surface area contributed by atoms with Crippen LogP contribution in [0.4, 0.5) is 0 Å². The predicted octanol–water partition coefficient (Wildman–Crippen LogP) is 2.45. The molecule has 3 N–H and O–H groups in total. The molecule has 2 aromatic heterocycles. The molecule has 132 valence electrons. The van der Waals surface area contributed by atoms with Crippen LogP contribution in [-0.4, -0.2) is 34.9 Å². The van der Waals surface area contributed by atoms with Crippen LogP contribution in [0.5, 0.6) is 0 Å². The monoisotopic (exact) mass is 348 g/mol. The standard InChI is InChI=1S/C20H20N4O2/c1-2-9-22-19(25)14-7-10-21-18(12-14)20(26)23-11-8-15-13-24-17-6-4-3-5-16(15)17/h2-7,10,12-13,24H,1,8-9,11H2,(H,22,25)(H,23,26). The molecule has 0 spiro atoms. The van der Waals surface area contributed by atoms with E-state index < -0.39 is 0 Å². The molecule has 0 radical (unpaired) electrons. The van der Waals surface area contributed by atoms with Crippen molar-refractivity contribution >= 4 is 22.7 Å². The number of nitrogens with one attached hydrogen (secondary N) is 3. The lowest BCUT2D eigenvalue weighted by Crippen LogP contribution is -2.28. The van der Waals surface area contributed by atoms with E-state index in [1.54, 1.807) is 12.1 Å². The molecule has 0 saturated carbocycles. The van der Waals surface area contributed by atoms with Gasteiger partial charge in [-0.15, -0.1) is 6.58 Å². The molecule has 0 aliphatic rings. The van der Waals surface area contributed by atoms with Gasteiger partial charge in [-0.3, -0.25) is 14.6 Å². The van der Waals surface area contributed by atoms with Gasteiger partial charge in [-0.2, -0.15) is 0 Å². The maximum atomic E-state index is 12.3. The first kappa shape index (κ1) is 17.4. The van der Waals surface area contributed by atoms with Gasteiger partial charge >= 0.3 is 0 Å². The lowest BCUT2D eigenvalue weighted by Gasteiger charge is -2.06. The number of fused-ring (bicyclic) bond motifs is 1. The Morgan fingerprint density at radius 3 is 2.85 bits per heavy atom. The van der Waals surface area contributed by atoms with Gasteiger partial charge in [0, 0.05) is 41.9 Å². The van der Waals surface area contributed by atoms with E-state index in [0.29, 0.717) is 25.1 Å². The third kappa shape index (κ3) is 3.97. The number of hydrogen-bond acceptors (Lipinski definition) is 3. The van der Waals surface area contributed by atoms with E-state index in [1.807, 2.05) is 24.4 Å². The molecular weight excluding hydrogens is 328 g/mol. The molecule has 3 rings (SSSR count). The third-order valence-corrected chi connectivity index (χ3v) is 4.02. The average molecular weight is 348 g/mol. The summed E-state index contributed by atoms with van der Waals surface area (Å²) in [7, 11) is 0. The Kier molecular flexibility index (Phi) is 5.43. The van der Waals surface area contributed by atoms with Crippen LogP contribution in [0.25, 0.3) is 10.9 Å². The average Bonchev–Trinajstić information content (AvgIpc) is 3.09. The summed E-state index contributed by atoms with van der Waals surface area (Å²) in [6.07, 6.45) is 5.71. The Morgan fingerprint density at radius 2 is 2.00 bits per heavy atom. The quantitative estimate of drug-likeness (QED) is 0.573. The molecular formula is C20H20N4O2. The Hall–Kier alpha value is -3.41. The maximum Gasteiger partial charge on any atom is 0.269 e. The van der Waals surface area contributed by atoms with E-state index in [-0.39, 0.29) is 17.5 Å². The van der Waals surface area contributed by atoms with E-state index in [9.17, 15) is 9.59 Å². The van der Waals surface area contributed by atoms with Crippen molar-refractivity contribution in [2.45, 2.75) is 6.42 Å². The van der Waals surface area contributed by atoms with Crippen LogP contribution in [-0.2, 0) is 6.42 Å². The number of carbonyl (C=O) groups excluding carboxylic acids is 2. The topological polar surface area (TPSA) is 86.9 Å². The van der Waals surface area contributed by atoms with Crippen LogP contribution >= 0.6 is 0 Å². The molecule has 3 aromatic rings. The van der Waals surface area contributed by atoms with Crippen molar-refractivity contribution < 1.29 is 9.59 Å². The minimum atomic E-state index is -0.303. The van der Waals surface area contributed by atoms with Gasteiger partial charge in [-0.25, -0.2) is 0 Å². The summed E-state index contributed by atoms with van der Waals surface area (Å²) in [5, 5.41) is 6.68. The Balaban J connectivity index is 1.60. The molecule has 0 bridgehead atoms. The molecule has 0 fully saturated rings. The highest BCUT2D eigenvalue weighted by Crippen LogP contribution is 2.17. The van der Waals surface area contributed by atoms with Crippen molar-refractivity contribution in [3.05, 3.63) is 78.3 Å². The number of H-pyrrole nitrogens is 1. The lowest BCUT2D eigenvalue weighted by atomic mass is 10.1. The van der Waals surface area contributed by atoms with Crippen LogP contribution in [0.1, 0.15) is 26.4 Å². The zero-order valence-electron chi connectivity index (χ0n) is 14.3. The fourth-order valence-electron chi connectivity index (χ4n) is 2.70. The third-order valence-electron chi connectivity index (χ3n) is 4.02. The Bertz CT molecular complexity index is 946. The minimum absolute atomic E-state index is 0.218. The highest BCUT2D eigenvalue weighted by Gasteiger charge is 2.11. The summed E-state index contributed by atoms with van der Waals surface area (Å²) in [4.78, 5) is 31.5. The summed E-state index contributed by atoms with van der Waals surface area (Å²) in [5.74, 6) is -0.566. The fourth-order valence-corrected chi connectivity index (χ4v) is 2.70. The van der Waals surface area contributed by atoms with Gasteiger partial charge < -0.3 is 15.6 Å². The van der Waals surface area contributed by atoms with Gasteiger partial charge in [0.2, 0.25) is 0 Å². The smallest absolute Gasteiger partial charge is 0.269 e. The van der Waals surface area contributed by atoms with Gasteiger partial charge in [0.1, 0.15) is 5.69 Å². The van der Waals surface area contributed by atoms with E-state index in [2.05, 4.69) is 33.2 Å². The highest BCUT2D eigenvalue weighted by atomic mass is 16.2. The zero-order valence-corrected chi connectivity index (χ0v) is 14.3. The van der Waals surface area contributed by atoms with Crippen LogP contribution in [0.15, 0.2) is 61.4 Å². The van der Waals surface area contributed by atoms with Crippen LogP contribution in [0, 0.1) is 0 Å². The first-order chi connectivity index (χ1) is 12.7. The second-order valence-corrected chi connectivity index (χ2v) is 5.79. The lowest BCUT2D eigenvalue weighted by molar-refractivity contribution is 0.0949. The molecule has 0 saturated heterocycles. The number of para-hydroxylation sites is 1. The normalized spacial score (nSPS) is 10.5. The molecule has 26 heavy (non-hydrogen) atoms. The molecule has 2 amide bonds. The van der Waals surface area contributed by atoms with Gasteiger partial charge in [0.05, 0.1) is 0 Å². The van der Waals surface area contributed by atoms with Crippen LogP contribution in [0.3, 0.4) is 0 Å². The van der Waals surface area contributed by atoms with E-state index >= 15 is 0 Å². The molecule has 0 aliphatic carbocycles. The van der Waals surface area contributed by atoms with Crippen molar-refractivity contribution in [2.75, 3.05) is 13.1 Å². The number of rotatable bonds is 7. The second-order valence-electron chi connectivity index (χ2n) is 5.79. The minimum Gasteiger partial charge on any atom is -0.361 e. The molecule has 0 atom stereocenters. The predicted molar refractivity (Wildman–Crippen MR) is 101 cm³/mol.